The first kappa shape index (κ1) is 22.7. The first-order valence-electron chi connectivity index (χ1n) is 9.92. The first-order valence-corrected chi connectivity index (χ1v) is 11.5. The lowest BCUT2D eigenvalue weighted by Gasteiger charge is -2.35. The largest absolute Gasteiger partial charge is 0.481 e. The number of alkyl halides is 4. The van der Waals surface area contributed by atoms with Crippen molar-refractivity contribution in [3.8, 4) is 0 Å². The molecule has 3 fully saturated rings. The predicted octanol–water partition coefficient (Wildman–Crippen LogP) is 1.81. The molecule has 12 heteroatoms. The zero-order valence-corrected chi connectivity index (χ0v) is 16.7. The highest BCUT2D eigenvalue weighted by atomic mass is 32.2. The van der Waals surface area contributed by atoms with E-state index in [0.29, 0.717) is 12.8 Å². The van der Waals surface area contributed by atoms with Crippen LogP contribution in [0.15, 0.2) is 0 Å². The molecular formula is C17H27F4N3O4S. The van der Waals surface area contributed by atoms with Gasteiger partial charge in [0, 0.05) is 25.2 Å². The molecule has 0 radical (unpaired) electrons. The Morgan fingerprint density at radius 1 is 1.14 bits per heavy atom. The van der Waals surface area contributed by atoms with Gasteiger partial charge in [0.2, 0.25) is 10.0 Å². The minimum atomic E-state index is -4.26. The molecule has 1 aliphatic heterocycles. The molecule has 2 aliphatic carbocycles. The fraction of sp³-hybridized carbons (Fsp3) is 0.941. The van der Waals surface area contributed by atoms with Gasteiger partial charge in [-0.1, -0.05) is 6.42 Å². The summed E-state index contributed by atoms with van der Waals surface area (Å²) in [5.41, 5.74) is 2.90. The highest BCUT2D eigenvalue weighted by molar-refractivity contribution is 7.90. The van der Waals surface area contributed by atoms with Crippen LogP contribution in [-0.4, -0.2) is 67.3 Å². The van der Waals surface area contributed by atoms with Crippen LogP contribution in [0.5, 0.6) is 0 Å². The fourth-order valence-corrected chi connectivity index (χ4v) is 6.19. The summed E-state index contributed by atoms with van der Waals surface area (Å²) in [7, 11) is -3.92. The number of hydrogen-bond acceptors (Lipinski definition) is 5. The summed E-state index contributed by atoms with van der Waals surface area (Å²) in [5, 5.41) is 9.94. The van der Waals surface area contributed by atoms with Gasteiger partial charge in [-0.05, 0) is 38.5 Å². The fourth-order valence-electron chi connectivity index (χ4n) is 4.64. The third-order valence-electron chi connectivity index (χ3n) is 6.33. The van der Waals surface area contributed by atoms with Gasteiger partial charge in [0.15, 0.2) is 0 Å². The normalized spacial score (nSPS) is 37.5. The van der Waals surface area contributed by atoms with Crippen LogP contribution in [0, 0.1) is 11.8 Å². The van der Waals surface area contributed by atoms with Gasteiger partial charge in [-0.2, -0.15) is 13.2 Å². The molecule has 3 N–H and O–H groups in total. The molecule has 1 saturated heterocycles. The lowest BCUT2D eigenvalue weighted by atomic mass is 9.84. The Kier molecular flexibility index (Phi) is 6.76. The van der Waals surface area contributed by atoms with Crippen molar-refractivity contribution in [3.63, 3.8) is 0 Å². The second kappa shape index (κ2) is 8.64. The van der Waals surface area contributed by atoms with Gasteiger partial charge in [-0.3, -0.25) is 10.2 Å². The molecular weight excluding hydrogens is 418 g/mol. The number of nitrogens with zero attached hydrogens (tertiary/aromatic N) is 1. The van der Waals surface area contributed by atoms with E-state index in [9.17, 15) is 35.9 Å². The summed E-state index contributed by atoms with van der Waals surface area (Å²) in [6.07, 6.45) is -4.58. The van der Waals surface area contributed by atoms with Gasteiger partial charge in [-0.25, -0.2) is 22.5 Å². The average Bonchev–Trinajstić information content (AvgIpc) is 3.13. The van der Waals surface area contributed by atoms with Gasteiger partial charge < -0.3 is 5.11 Å². The second-order valence-corrected chi connectivity index (χ2v) is 10.3. The molecule has 6 unspecified atom stereocenters. The van der Waals surface area contributed by atoms with Crippen molar-refractivity contribution in [2.45, 2.75) is 74.6 Å². The maximum atomic E-state index is 13.5. The smallest absolute Gasteiger partial charge is 0.391 e. The molecule has 0 aromatic rings. The molecule has 0 aromatic heterocycles. The Hall–Kier alpha value is -0.980. The zero-order valence-electron chi connectivity index (χ0n) is 15.9. The lowest BCUT2D eigenvalue weighted by molar-refractivity contribution is -0.187. The zero-order chi connectivity index (χ0) is 21.4. The first-order chi connectivity index (χ1) is 13.5. The highest BCUT2D eigenvalue weighted by Crippen LogP contribution is 2.39. The molecule has 168 valence electrons. The SMILES string of the molecule is O=C(O)C1CC(F)CCC1NS(=O)(=O)C1CNN(C2CCCC(C(F)(F)F)C2)C1. The van der Waals surface area contributed by atoms with Crippen molar-refractivity contribution in [1.29, 1.82) is 0 Å². The van der Waals surface area contributed by atoms with Crippen molar-refractivity contribution in [3.05, 3.63) is 0 Å². The molecule has 3 aliphatic rings. The minimum absolute atomic E-state index is 0.0285. The van der Waals surface area contributed by atoms with Gasteiger partial charge in [0.05, 0.1) is 11.8 Å². The van der Waals surface area contributed by atoms with Crippen LogP contribution >= 0.6 is 0 Å². The standard InChI is InChI=1S/C17H27F4N3O4S/c18-11-4-5-15(14(7-11)16(25)26)23-29(27,28)13-8-22-24(9-13)12-3-1-2-10(6-12)17(19,20)21/h10-15,22-23H,1-9H2,(H,25,26). The van der Waals surface area contributed by atoms with E-state index >= 15 is 0 Å². The topological polar surface area (TPSA) is 98.7 Å². The van der Waals surface area contributed by atoms with Crippen molar-refractivity contribution in [2.75, 3.05) is 13.1 Å². The van der Waals surface area contributed by atoms with E-state index in [1.165, 1.54) is 0 Å². The van der Waals surface area contributed by atoms with E-state index in [1.807, 2.05) is 0 Å². The Balaban J connectivity index is 1.60. The number of aliphatic carboxylic acids is 1. The summed E-state index contributed by atoms with van der Waals surface area (Å²) in [5.74, 6) is -3.76. The van der Waals surface area contributed by atoms with Gasteiger partial charge in [0.25, 0.3) is 0 Å². The van der Waals surface area contributed by atoms with E-state index in [2.05, 4.69) is 10.1 Å². The van der Waals surface area contributed by atoms with E-state index in [0.717, 1.165) is 0 Å². The number of sulfonamides is 1. The van der Waals surface area contributed by atoms with Crippen molar-refractivity contribution in [1.82, 2.24) is 15.2 Å². The summed E-state index contributed by atoms with van der Waals surface area (Å²) < 4.78 is 80.6. The van der Waals surface area contributed by atoms with Crippen LogP contribution in [0.25, 0.3) is 0 Å². The minimum Gasteiger partial charge on any atom is -0.481 e. The van der Waals surface area contributed by atoms with E-state index in [-0.39, 0.29) is 45.2 Å². The maximum absolute atomic E-state index is 13.5. The highest BCUT2D eigenvalue weighted by Gasteiger charge is 2.46. The number of halogens is 4. The Labute approximate surface area is 167 Å². The number of carbonyl (C=O) groups is 1. The Bertz CT molecular complexity index is 705. The van der Waals surface area contributed by atoms with E-state index in [4.69, 9.17) is 0 Å². The summed E-state index contributed by atoms with van der Waals surface area (Å²) in [6.45, 7) is 0.0689. The van der Waals surface area contributed by atoms with Crippen molar-refractivity contribution >= 4 is 16.0 Å². The second-order valence-electron chi connectivity index (χ2n) is 8.32. The third-order valence-corrected chi connectivity index (χ3v) is 8.16. The van der Waals surface area contributed by atoms with Crippen molar-refractivity contribution < 1.29 is 35.9 Å². The lowest BCUT2D eigenvalue weighted by Crippen LogP contribution is -2.50. The molecule has 0 amide bonds. The molecule has 1 heterocycles. The van der Waals surface area contributed by atoms with Gasteiger partial charge >= 0.3 is 12.1 Å². The van der Waals surface area contributed by atoms with E-state index < -0.39 is 57.5 Å². The Morgan fingerprint density at radius 2 is 1.86 bits per heavy atom. The number of nitrogens with one attached hydrogen (secondary N) is 2. The van der Waals surface area contributed by atoms with Crippen molar-refractivity contribution in [2.24, 2.45) is 11.8 Å². The summed E-state index contributed by atoms with van der Waals surface area (Å²) >= 11 is 0. The van der Waals surface area contributed by atoms with Gasteiger partial charge in [-0.15, -0.1) is 0 Å². The molecule has 3 rings (SSSR count). The van der Waals surface area contributed by atoms with Crippen LogP contribution in [0.1, 0.15) is 44.9 Å². The molecule has 0 spiro atoms. The van der Waals surface area contributed by atoms with E-state index in [1.54, 1.807) is 5.01 Å². The molecule has 29 heavy (non-hydrogen) atoms. The maximum Gasteiger partial charge on any atom is 0.391 e. The van der Waals surface area contributed by atoms with Crippen LogP contribution in [0.4, 0.5) is 17.6 Å². The number of rotatable bonds is 5. The molecule has 2 saturated carbocycles. The van der Waals surface area contributed by atoms with Crippen LogP contribution < -0.4 is 10.1 Å². The predicted molar refractivity (Wildman–Crippen MR) is 96.0 cm³/mol. The number of carboxylic acids is 1. The molecule has 0 bridgehead atoms. The summed E-state index contributed by atoms with van der Waals surface area (Å²) in [6, 6.07) is -1.29. The molecule has 7 nitrogen and oxygen atoms in total. The molecule has 0 aromatic carbocycles. The quantitative estimate of drug-likeness (QED) is 0.559. The summed E-state index contributed by atoms with van der Waals surface area (Å²) in [4.78, 5) is 11.4. The number of carboxylic acid groups (broad SMARTS) is 1. The van der Waals surface area contributed by atoms with Crippen LogP contribution in [0.2, 0.25) is 0 Å². The van der Waals surface area contributed by atoms with Crippen LogP contribution in [0.3, 0.4) is 0 Å². The van der Waals surface area contributed by atoms with Crippen LogP contribution in [-0.2, 0) is 14.8 Å². The Morgan fingerprint density at radius 3 is 2.52 bits per heavy atom. The number of hydrogen-bond donors (Lipinski definition) is 3. The third kappa shape index (κ3) is 5.39. The average molecular weight is 445 g/mol. The number of hydrazine groups is 1. The van der Waals surface area contributed by atoms with Gasteiger partial charge in [0.1, 0.15) is 11.4 Å². The monoisotopic (exact) mass is 445 g/mol. The molecule has 6 atom stereocenters.